The summed E-state index contributed by atoms with van der Waals surface area (Å²) in [6, 6.07) is 12.9. The van der Waals surface area contributed by atoms with Gasteiger partial charge < -0.3 is 4.74 Å². The van der Waals surface area contributed by atoms with Gasteiger partial charge >= 0.3 is 0 Å². The Morgan fingerprint density at radius 2 is 1.70 bits per heavy atom. The monoisotopic (exact) mass is 432 g/mol. The van der Waals surface area contributed by atoms with Gasteiger partial charge in [0.05, 0.1) is 0 Å². The lowest BCUT2D eigenvalue weighted by molar-refractivity contribution is -0.123. The van der Waals surface area contributed by atoms with E-state index in [1.54, 1.807) is 12.1 Å². The van der Waals surface area contributed by atoms with Crippen LogP contribution < -0.4 is 15.6 Å². The summed E-state index contributed by atoms with van der Waals surface area (Å²) in [5.41, 5.74) is 7.48. The van der Waals surface area contributed by atoms with Gasteiger partial charge in [-0.25, -0.2) is 0 Å². The number of carbonyl (C=O) groups excluding carboxylic acids is 2. The zero-order valence-electron chi connectivity index (χ0n) is 16.1. The minimum absolute atomic E-state index is 0.0330. The topological polar surface area (TPSA) is 67.4 Å². The first-order chi connectivity index (χ1) is 12.7. The molecule has 0 aliphatic carbocycles. The van der Waals surface area contributed by atoms with E-state index in [1.165, 1.54) is 5.56 Å². The average molecular weight is 433 g/mol. The molecule has 27 heavy (non-hydrogen) atoms. The molecule has 6 heteroatoms. The van der Waals surface area contributed by atoms with Crippen LogP contribution in [0.25, 0.3) is 0 Å². The summed E-state index contributed by atoms with van der Waals surface area (Å²) in [5, 5.41) is 0. The minimum Gasteiger partial charge on any atom is -0.484 e. The van der Waals surface area contributed by atoms with Gasteiger partial charge in [0.25, 0.3) is 11.8 Å². The highest BCUT2D eigenvalue weighted by molar-refractivity contribution is 9.10. The van der Waals surface area contributed by atoms with Gasteiger partial charge in [-0.3, -0.25) is 20.4 Å². The molecule has 144 valence electrons. The highest BCUT2D eigenvalue weighted by Gasteiger charge is 2.18. The molecule has 2 N–H and O–H groups in total. The second-order valence-corrected chi connectivity index (χ2v) is 8.09. The molecule has 0 saturated carbocycles. The molecule has 0 aliphatic rings. The fourth-order valence-electron chi connectivity index (χ4n) is 2.47. The Balaban J connectivity index is 1.85. The third-order valence-corrected chi connectivity index (χ3v) is 4.71. The van der Waals surface area contributed by atoms with Crippen LogP contribution in [0, 0.1) is 0 Å². The van der Waals surface area contributed by atoms with E-state index in [1.807, 2.05) is 30.3 Å². The van der Waals surface area contributed by atoms with Crippen LogP contribution in [0.2, 0.25) is 0 Å². The van der Waals surface area contributed by atoms with Crippen molar-refractivity contribution in [1.29, 1.82) is 0 Å². The number of carbonyl (C=O) groups is 2. The summed E-state index contributed by atoms with van der Waals surface area (Å²) in [5.74, 6) is -0.222. The van der Waals surface area contributed by atoms with Crippen molar-refractivity contribution in [3.05, 3.63) is 63.6 Å². The highest BCUT2D eigenvalue weighted by atomic mass is 79.9. The third-order valence-electron chi connectivity index (χ3n) is 4.06. The molecule has 0 saturated heterocycles. The summed E-state index contributed by atoms with van der Waals surface area (Å²) in [6.45, 7) is 8.19. The Bertz CT molecular complexity index is 811. The van der Waals surface area contributed by atoms with Gasteiger partial charge in [-0.2, -0.15) is 0 Å². The minimum atomic E-state index is -0.437. The van der Waals surface area contributed by atoms with E-state index in [2.05, 4.69) is 54.5 Å². The van der Waals surface area contributed by atoms with Crippen molar-refractivity contribution in [2.75, 3.05) is 6.61 Å². The van der Waals surface area contributed by atoms with Crippen LogP contribution in [0.15, 0.2) is 46.9 Å². The summed E-state index contributed by atoms with van der Waals surface area (Å²) in [4.78, 5) is 24.1. The molecule has 0 bridgehead atoms. The lowest BCUT2D eigenvalue weighted by Crippen LogP contribution is -2.43. The first-order valence-electron chi connectivity index (χ1n) is 8.81. The SMILES string of the molecule is CCc1ccc(OCC(=O)NNC(=O)c2ccc(C(C)(C)C)c(Br)c2)cc1. The smallest absolute Gasteiger partial charge is 0.276 e. The molecule has 0 aliphatic heterocycles. The average Bonchev–Trinajstić information content (AvgIpc) is 2.63. The first kappa shape index (κ1) is 21.0. The zero-order valence-corrected chi connectivity index (χ0v) is 17.6. The van der Waals surface area contributed by atoms with Gasteiger partial charge in [-0.15, -0.1) is 0 Å². The molecule has 0 fully saturated rings. The number of hydrogen-bond acceptors (Lipinski definition) is 3. The molecule has 2 rings (SSSR count). The van der Waals surface area contributed by atoms with Crippen LogP contribution in [-0.4, -0.2) is 18.4 Å². The van der Waals surface area contributed by atoms with E-state index in [0.29, 0.717) is 11.3 Å². The number of halogens is 1. The van der Waals surface area contributed by atoms with Crippen LogP contribution in [0.3, 0.4) is 0 Å². The molecule has 0 radical (unpaired) electrons. The summed E-state index contributed by atoms with van der Waals surface area (Å²) in [6.07, 6.45) is 0.944. The van der Waals surface area contributed by atoms with Gasteiger partial charge in [0.15, 0.2) is 6.61 Å². The molecule has 2 aromatic rings. The van der Waals surface area contributed by atoms with Gasteiger partial charge in [0.1, 0.15) is 5.75 Å². The van der Waals surface area contributed by atoms with Crippen molar-refractivity contribution >= 4 is 27.7 Å². The molecule has 0 atom stereocenters. The lowest BCUT2D eigenvalue weighted by Gasteiger charge is -2.21. The molecular weight excluding hydrogens is 408 g/mol. The molecule has 0 aromatic heterocycles. The van der Waals surface area contributed by atoms with Crippen LogP contribution in [0.5, 0.6) is 5.75 Å². The summed E-state index contributed by atoms with van der Waals surface area (Å²) in [7, 11) is 0. The molecule has 0 heterocycles. The van der Waals surface area contributed by atoms with Crippen molar-refractivity contribution < 1.29 is 14.3 Å². The predicted molar refractivity (Wildman–Crippen MR) is 110 cm³/mol. The maximum atomic E-state index is 12.2. The third kappa shape index (κ3) is 6.10. The Morgan fingerprint density at radius 3 is 2.26 bits per heavy atom. The quantitative estimate of drug-likeness (QED) is 0.697. The lowest BCUT2D eigenvalue weighted by atomic mass is 9.86. The molecule has 2 amide bonds. The van der Waals surface area contributed by atoms with Crippen molar-refractivity contribution in [2.45, 2.75) is 39.5 Å². The maximum Gasteiger partial charge on any atom is 0.276 e. The Morgan fingerprint density at radius 1 is 1.04 bits per heavy atom. The van der Waals surface area contributed by atoms with Crippen molar-refractivity contribution in [3.8, 4) is 5.75 Å². The molecule has 5 nitrogen and oxygen atoms in total. The summed E-state index contributed by atoms with van der Waals surface area (Å²) < 4.78 is 6.26. The summed E-state index contributed by atoms with van der Waals surface area (Å²) >= 11 is 3.50. The fraction of sp³-hybridized carbons (Fsp3) is 0.333. The van der Waals surface area contributed by atoms with Crippen molar-refractivity contribution in [1.82, 2.24) is 10.9 Å². The number of nitrogens with one attached hydrogen (secondary N) is 2. The molecular formula is C21H25BrN2O3. The number of amides is 2. The molecule has 2 aromatic carbocycles. The maximum absolute atomic E-state index is 12.2. The van der Waals surface area contributed by atoms with Gasteiger partial charge in [0.2, 0.25) is 0 Å². The standard InChI is InChI=1S/C21H25BrN2O3/c1-5-14-6-9-16(10-7-14)27-13-19(25)23-24-20(26)15-8-11-17(18(22)12-15)21(2,3)4/h6-12H,5,13H2,1-4H3,(H,23,25)(H,24,26). The van der Waals surface area contributed by atoms with Crippen LogP contribution in [0.4, 0.5) is 0 Å². The number of ether oxygens (including phenoxy) is 1. The van der Waals surface area contributed by atoms with Gasteiger partial charge in [0, 0.05) is 10.0 Å². The Labute approximate surface area is 168 Å². The van der Waals surface area contributed by atoms with Crippen LogP contribution in [-0.2, 0) is 16.6 Å². The highest BCUT2D eigenvalue weighted by Crippen LogP contribution is 2.30. The van der Waals surface area contributed by atoms with Crippen LogP contribution in [0.1, 0.15) is 49.2 Å². The normalized spacial score (nSPS) is 11.0. The van der Waals surface area contributed by atoms with E-state index in [-0.39, 0.29) is 12.0 Å². The van der Waals surface area contributed by atoms with Crippen LogP contribution >= 0.6 is 15.9 Å². The second kappa shape index (κ2) is 9.04. The number of hydrogen-bond donors (Lipinski definition) is 2. The Hall–Kier alpha value is -2.34. The largest absolute Gasteiger partial charge is 0.484 e. The van der Waals surface area contributed by atoms with Gasteiger partial charge in [-0.1, -0.05) is 61.8 Å². The van der Waals surface area contributed by atoms with Crippen molar-refractivity contribution in [3.63, 3.8) is 0 Å². The second-order valence-electron chi connectivity index (χ2n) is 7.23. The molecule has 0 spiro atoms. The van der Waals surface area contributed by atoms with Crippen molar-refractivity contribution in [2.24, 2.45) is 0 Å². The van der Waals surface area contributed by atoms with E-state index >= 15 is 0 Å². The Kier molecular flexibility index (Phi) is 7.02. The zero-order chi connectivity index (χ0) is 20.0. The van der Waals surface area contributed by atoms with E-state index in [0.717, 1.165) is 16.5 Å². The number of hydrazine groups is 1. The number of aryl methyl sites for hydroxylation is 1. The fourth-order valence-corrected chi connectivity index (χ4v) is 3.44. The number of benzene rings is 2. The van der Waals surface area contributed by atoms with E-state index in [4.69, 9.17) is 4.74 Å². The van der Waals surface area contributed by atoms with E-state index in [9.17, 15) is 9.59 Å². The predicted octanol–water partition coefficient (Wildman–Crippen LogP) is 4.15. The molecule has 0 unspecified atom stereocenters. The van der Waals surface area contributed by atoms with E-state index < -0.39 is 11.8 Å². The number of rotatable bonds is 5. The first-order valence-corrected chi connectivity index (χ1v) is 9.61. The van der Waals surface area contributed by atoms with Gasteiger partial charge in [-0.05, 0) is 47.2 Å².